The van der Waals surface area contributed by atoms with Crippen LogP contribution in [0.25, 0.3) is 0 Å². The van der Waals surface area contributed by atoms with E-state index < -0.39 is 0 Å². The van der Waals surface area contributed by atoms with Crippen LogP contribution in [-0.2, 0) is 6.54 Å². The highest BCUT2D eigenvalue weighted by Crippen LogP contribution is 2.18. The minimum atomic E-state index is 0.180. The Kier molecular flexibility index (Phi) is 18.4. The lowest BCUT2D eigenvalue weighted by molar-refractivity contribution is -0.941. The number of benzene rings is 1. The molecule has 0 heterocycles. The number of quaternary nitrogens is 1. The van der Waals surface area contributed by atoms with Crippen molar-refractivity contribution in [2.24, 2.45) is 0 Å². The molecule has 0 bridgehead atoms. The van der Waals surface area contributed by atoms with E-state index in [4.69, 9.17) is 0 Å². The third kappa shape index (κ3) is 14.8. The summed E-state index contributed by atoms with van der Waals surface area (Å²) in [6.45, 7) is 6.02. The molecule has 0 saturated carbocycles. The molecule has 0 fully saturated rings. The van der Waals surface area contributed by atoms with Gasteiger partial charge in [-0.3, -0.25) is 0 Å². The van der Waals surface area contributed by atoms with Gasteiger partial charge in [-0.1, -0.05) is 101 Å². The van der Waals surface area contributed by atoms with Gasteiger partial charge in [0, 0.05) is 5.56 Å². The number of allylic oxidation sites excluding steroid dienone is 2. The molecule has 0 radical (unpaired) electrons. The van der Waals surface area contributed by atoms with E-state index in [0.29, 0.717) is 0 Å². The van der Waals surface area contributed by atoms with Crippen molar-refractivity contribution >= 4 is 0 Å². The molecule has 184 valence electrons. The van der Waals surface area contributed by atoms with Gasteiger partial charge >= 0.3 is 0 Å². The molecule has 1 aromatic carbocycles. The summed E-state index contributed by atoms with van der Waals surface area (Å²) in [6.07, 6.45) is 23.3. The predicted octanol–water partition coefficient (Wildman–Crippen LogP) is 7.03. The summed E-state index contributed by atoms with van der Waals surface area (Å²) in [5.74, 6) is 0. The number of aliphatic hydroxyl groups excluding tert-OH is 2. The first kappa shape index (κ1) is 28.9. The zero-order valence-corrected chi connectivity index (χ0v) is 21.0. The number of hydrogen-bond donors (Lipinski definition) is 2. The third-order valence-corrected chi connectivity index (χ3v) is 6.65. The summed E-state index contributed by atoms with van der Waals surface area (Å²) in [7, 11) is 0. The van der Waals surface area contributed by atoms with E-state index in [0.717, 1.165) is 30.7 Å². The molecular weight excluding hydrogens is 394 g/mol. The van der Waals surface area contributed by atoms with Crippen LogP contribution in [0.15, 0.2) is 42.5 Å². The fourth-order valence-electron chi connectivity index (χ4n) is 4.66. The molecule has 3 nitrogen and oxygen atoms in total. The molecule has 0 saturated heterocycles. The molecule has 0 amide bonds. The molecule has 32 heavy (non-hydrogen) atoms. The quantitative estimate of drug-likeness (QED) is 0.114. The summed E-state index contributed by atoms with van der Waals surface area (Å²) < 4.78 is 0.792. The van der Waals surface area contributed by atoms with E-state index >= 15 is 0 Å². The molecule has 3 heteroatoms. The predicted molar refractivity (Wildman–Crippen MR) is 139 cm³/mol. The monoisotopic (exact) mass is 446 g/mol. The maximum Gasteiger partial charge on any atom is 0.104 e. The van der Waals surface area contributed by atoms with Gasteiger partial charge in [0.15, 0.2) is 0 Å². The molecule has 0 unspecified atom stereocenters. The van der Waals surface area contributed by atoms with Crippen LogP contribution in [0, 0.1) is 0 Å². The standard InChI is InChI=1S/C29H52NO2/c1-2-3-4-5-6-7-8-9-10-11-12-13-14-15-16-20-23-30(24-26-31,25-27-32)28-29-21-18-17-19-22-29/h9-10,17-19,21-22,31-32H,2-8,11-16,20,23-28H2,1H3/q+1. The van der Waals surface area contributed by atoms with E-state index in [-0.39, 0.29) is 13.2 Å². The maximum absolute atomic E-state index is 9.64. The second-order valence-corrected chi connectivity index (χ2v) is 9.54. The Morgan fingerprint density at radius 3 is 1.66 bits per heavy atom. The lowest BCUT2D eigenvalue weighted by Crippen LogP contribution is -2.51. The Morgan fingerprint density at radius 1 is 0.625 bits per heavy atom. The second kappa shape index (κ2) is 20.4. The van der Waals surface area contributed by atoms with Gasteiger partial charge in [0.25, 0.3) is 0 Å². The molecule has 2 N–H and O–H groups in total. The summed E-state index contributed by atoms with van der Waals surface area (Å²) in [5.41, 5.74) is 1.29. The van der Waals surface area contributed by atoms with Crippen molar-refractivity contribution in [3.05, 3.63) is 48.0 Å². The zero-order valence-electron chi connectivity index (χ0n) is 21.0. The lowest BCUT2D eigenvalue weighted by atomic mass is 10.1. The van der Waals surface area contributed by atoms with Crippen LogP contribution >= 0.6 is 0 Å². The van der Waals surface area contributed by atoms with E-state index in [1.807, 2.05) is 6.07 Å². The summed E-state index contributed by atoms with van der Waals surface area (Å²) in [6, 6.07) is 10.5. The first-order valence-corrected chi connectivity index (χ1v) is 13.5. The number of unbranched alkanes of at least 4 members (excludes halogenated alkanes) is 12. The van der Waals surface area contributed by atoms with Gasteiger partial charge in [-0.05, 0) is 38.5 Å². The van der Waals surface area contributed by atoms with Crippen molar-refractivity contribution < 1.29 is 14.7 Å². The average molecular weight is 447 g/mol. The molecule has 1 aromatic rings. The van der Waals surface area contributed by atoms with Crippen LogP contribution in [0.4, 0.5) is 0 Å². The fourth-order valence-corrected chi connectivity index (χ4v) is 4.66. The van der Waals surface area contributed by atoms with E-state index in [2.05, 4.69) is 43.3 Å². The van der Waals surface area contributed by atoms with Crippen LogP contribution < -0.4 is 0 Å². The van der Waals surface area contributed by atoms with E-state index in [9.17, 15) is 10.2 Å². The summed E-state index contributed by atoms with van der Waals surface area (Å²) in [4.78, 5) is 0. The van der Waals surface area contributed by atoms with Gasteiger partial charge in [-0.15, -0.1) is 0 Å². The van der Waals surface area contributed by atoms with Crippen LogP contribution in [0.1, 0.15) is 102 Å². The van der Waals surface area contributed by atoms with Crippen molar-refractivity contribution in [2.75, 3.05) is 32.8 Å². The smallest absolute Gasteiger partial charge is 0.104 e. The number of rotatable bonds is 22. The van der Waals surface area contributed by atoms with Crippen LogP contribution in [0.5, 0.6) is 0 Å². The largest absolute Gasteiger partial charge is 0.391 e. The Balaban J connectivity index is 2.12. The topological polar surface area (TPSA) is 40.5 Å². The van der Waals surface area contributed by atoms with Gasteiger partial charge in [0.05, 0.1) is 19.8 Å². The van der Waals surface area contributed by atoms with Crippen LogP contribution in [0.3, 0.4) is 0 Å². The number of nitrogens with zero attached hydrogens (tertiary/aromatic N) is 1. The molecule has 0 aliphatic rings. The van der Waals surface area contributed by atoms with Gasteiger partial charge < -0.3 is 14.7 Å². The molecule has 1 rings (SSSR count). The minimum absolute atomic E-state index is 0.180. The number of aliphatic hydroxyl groups is 2. The van der Waals surface area contributed by atoms with Crippen molar-refractivity contribution in [3.63, 3.8) is 0 Å². The summed E-state index contributed by atoms with van der Waals surface area (Å²) >= 11 is 0. The maximum atomic E-state index is 9.64. The molecular formula is C29H52NO2+. The average Bonchev–Trinajstić information content (AvgIpc) is 2.80. The van der Waals surface area contributed by atoms with Gasteiger partial charge in [-0.2, -0.15) is 0 Å². The van der Waals surface area contributed by atoms with Crippen molar-refractivity contribution in [3.8, 4) is 0 Å². The van der Waals surface area contributed by atoms with E-state index in [1.165, 1.54) is 95.5 Å². The Labute approximate surface area is 199 Å². The SMILES string of the molecule is CCCCCCCCC=CCCCCCCCC[N+](CCO)(CCO)Cc1ccccc1. The van der Waals surface area contributed by atoms with Gasteiger partial charge in [-0.25, -0.2) is 0 Å². The molecule has 0 aromatic heterocycles. The van der Waals surface area contributed by atoms with Gasteiger partial charge in [0.2, 0.25) is 0 Å². The highest BCUT2D eigenvalue weighted by Gasteiger charge is 2.26. The van der Waals surface area contributed by atoms with Crippen LogP contribution in [-0.4, -0.2) is 47.5 Å². The van der Waals surface area contributed by atoms with Crippen molar-refractivity contribution in [1.29, 1.82) is 0 Å². The van der Waals surface area contributed by atoms with Crippen LogP contribution in [0.2, 0.25) is 0 Å². The minimum Gasteiger partial charge on any atom is -0.391 e. The zero-order chi connectivity index (χ0) is 23.2. The van der Waals surface area contributed by atoms with Crippen molar-refractivity contribution in [2.45, 2.75) is 103 Å². The van der Waals surface area contributed by atoms with Crippen molar-refractivity contribution in [1.82, 2.24) is 0 Å². The molecule has 0 spiro atoms. The molecule has 0 aliphatic carbocycles. The molecule has 0 aliphatic heterocycles. The van der Waals surface area contributed by atoms with Gasteiger partial charge in [0.1, 0.15) is 19.6 Å². The highest BCUT2D eigenvalue weighted by molar-refractivity contribution is 5.13. The lowest BCUT2D eigenvalue weighted by Gasteiger charge is -2.38. The Morgan fingerprint density at radius 2 is 1.12 bits per heavy atom. The highest BCUT2D eigenvalue weighted by atomic mass is 16.3. The number of hydrogen-bond acceptors (Lipinski definition) is 2. The molecule has 0 atom stereocenters. The van der Waals surface area contributed by atoms with E-state index in [1.54, 1.807) is 0 Å². The first-order valence-electron chi connectivity index (χ1n) is 13.5. The third-order valence-electron chi connectivity index (χ3n) is 6.65. The second-order valence-electron chi connectivity index (χ2n) is 9.54. The first-order chi connectivity index (χ1) is 15.8. The summed E-state index contributed by atoms with van der Waals surface area (Å²) in [5, 5.41) is 19.3. The Bertz CT molecular complexity index is 537. The Hall–Kier alpha value is -1.16. The fraction of sp³-hybridized carbons (Fsp3) is 0.724. The normalized spacial score (nSPS) is 12.1.